The van der Waals surface area contributed by atoms with Crippen LogP contribution in [0.4, 0.5) is 0 Å². The third-order valence-corrected chi connectivity index (χ3v) is 3.05. The van der Waals surface area contributed by atoms with Gasteiger partial charge in [-0.15, -0.1) is 0 Å². The van der Waals surface area contributed by atoms with Crippen molar-refractivity contribution in [1.82, 2.24) is 9.78 Å². The van der Waals surface area contributed by atoms with E-state index in [2.05, 4.69) is 5.10 Å². The number of hydrogen-bond acceptors (Lipinski definition) is 3. The number of primary amides is 1. The Labute approximate surface area is 111 Å². The molecule has 0 aliphatic heterocycles. The zero-order valence-corrected chi connectivity index (χ0v) is 10.9. The number of aliphatic hydroxyl groups excluding tert-OH is 1. The van der Waals surface area contributed by atoms with E-state index in [-0.39, 0.29) is 6.61 Å². The number of aryl methyl sites for hydroxylation is 1. The highest BCUT2D eigenvalue weighted by atomic mass is 16.3. The number of nitrogens with zero attached hydrogens (tertiary/aromatic N) is 2. The lowest BCUT2D eigenvalue weighted by Crippen LogP contribution is -2.19. The topological polar surface area (TPSA) is 81.1 Å². The second-order valence-electron chi connectivity index (χ2n) is 4.37. The Kier molecular flexibility index (Phi) is 3.66. The van der Waals surface area contributed by atoms with E-state index in [0.717, 1.165) is 16.8 Å². The average molecular weight is 258 g/mol. The summed E-state index contributed by atoms with van der Waals surface area (Å²) in [5, 5.41) is 13.3. The predicted octanol–water partition coefficient (Wildman–Crippen LogP) is 1.01. The van der Waals surface area contributed by atoms with Gasteiger partial charge >= 0.3 is 0 Å². The summed E-state index contributed by atoms with van der Waals surface area (Å²) in [6, 6.07) is 9.34. The van der Waals surface area contributed by atoms with Crippen LogP contribution in [0.3, 0.4) is 0 Å². The minimum atomic E-state index is -0.432. The number of hydrogen-bond donors (Lipinski definition) is 2. The third kappa shape index (κ3) is 2.66. The van der Waals surface area contributed by atoms with Crippen molar-refractivity contribution in [2.75, 3.05) is 0 Å². The van der Waals surface area contributed by atoms with E-state index in [1.54, 1.807) is 11.6 Å². The van der Waals surface area contributed by atoms with Crippen LogP contribution in [0.2, 0.25) is 0 Å². The number of aromatic nitrogens is 2. The Morgan fingerprint density at radius 3 is 2.74 bits per heavy atom. The summed E-state index contributed by atoms with van der Waals surface area (Å²) < 4.78 is 1.70. The fraction of sp³-hybridized carbons (Fsp3) is 0.214. The molecule has 0 spiro atoms. The van der Waals surface area contributed by atoms with Crippen LogP contribution >= 0.6 is 0 Å². The minimum Gasteiger partial charge on any atom is -0.390 e. The highest BCUT2D eigenvalue weighted by molar-refractivity contribution is 5.92. The van der Waals surface area contributed by atoms with Crippen molar-refractivity contribution in [2.45, 2.75) is 13.5 Å². The molecule has 2 aromatic rings. The van der Waals surface area contributed by atoms with Gasteiger partial charge in [-0.05, 0) is 24.6 Å². The normalized spacial score (nSPS) is 10.9. The molecule has 19 heavy (non-hydrogen) atoms. The van der Waals surface area contributed by atoms with E-state index in [1.165, 1.54) is 0 Å². The first kappa shape index (κ1) is 13.3. The van der Waals surface area contributed by atoms with Crippen LogP contribution < -0.4 is 5.73 Å². The van der Waals surface area contributed by atoms with Crippen LogP contribution in [-0.4, -0.2) is 20.8 Å². The molecule has 1 aromatic heterocycles. The smallest absolute Gasteiger partial charge is 0.229 e. The van der Waals surface area contributed by atoms with Crippen LogP contribution in [0.25, 0.3) is 11.3 Å². The van der Waals surface area contributed by atoms with Gasteiger partial charge in [0.15, 0.2) is 0 Å². The second-order valence-corrected chi connectivity index (χ2v) is 4.37. The minimum absolute atomic E-state index is 0.0973. The van der Waals surface area contributed by atoms with Crippen LogP contribution in [0, 0.1) is 5.92 Å². The highest BCUT2D eigenvalue weighted by Crippen LogP contribution is 2.24. The van der Waals surface area contributed by atoms with Gasteiger partial charge in [0.05, 0.1) is 23.9 Å². The molecule has 3 N–H and O–H groups in total. The summed E-state index contributed by atoms with van der Waals surface area (Å²) in [6.07, 6.45) is 0. The second kappa shape index (κ2) is 5.24. The van der Waals surface area contributed by atoms with Gasteiger partial charge in [-0.25, -0.2) is 0 Å². The van der Waals surface area contributed by atoms with E-state index in [9.17, 15) is 4.79 Å². The molecule has 1 amide bonds. The molecule has 1 radical (unpaired) electrons. The summed E-state index contributed by atoms with van der Waals surface area (Å²) in [6.45, 7) is 1.60. The van der Waals surface area contributed by atoms with Gasteiger partial charge in [0.25, 0.3) is 0 Å². The standard InChI is InChI=1S/C14H16N3O2/c1-9(14(15)19)10-4-3-5-11(6-10)13-7-12(8-18)16-17(13)2/h3-7,18H,8H2,1-2H3,(H2,15,19). The number of carbonyl (C=O) groups excluding carboxylic acids is 1. The fourth-order valence-electron chi connectivity index (χ4n) is 1.93. The Morgan fingerprint density at radius 2 is 2.16 bits per heavy atom. The van der Waals surface area contributed by atoms with Crippen molar-refractivity contribution in [3.05, 3.63) is 47.5 Å². The van der Waals surface area contributed by atoms with Crippen molar-refractivity contribution >= 4 is 5.91 Å². The van der Waals surface area contributed by atoms with Crippen molar-refractivity contribution in [1.29, 1.82) is 0 Å². The maximum absolute atomic E-state index is 11.2. The fourth-order valence-corrected chi connectivity index (χ4v) is 1.93. The Hall–Kier alpha value is -2.14. The molecule has 0 unspecified atom stereocenters. The van der Waals surface area contributed by atoms with Gasteiger partial charge < -0.3 is 10.8 Å². The van der Waals surface area contributed by atoms with Gasteiger partial charge in [-0.1, -0.05) is 18.2 Å². The summed E-state index contributed by atoms with van der Waals surface area (Å²) in [5.41, 5.74) is 8.49. The molecule has 99 valence electrons. The zero-order chi connectivity index (χ0) is 14.0. The SMILES string of the molecule is C[C](C(N)=O)c1cccc(-c2cc(CO)nn2C)c1. The molecule has 0 atom stereocenters. The Bertz CT molecular complexity index is 604. The van der Waals surface area contributed by atoms with Crippen LogP contribution in [0.15, 0.2) is 30.3 Å². The largest absolute Gasteiger partial charge is 0.390 e. The summed E-state index contributed by atoms with van der Waals surface area (Å²) in [5.74, 6) is 0.0876. The van der Waals surface area contributed by atoms with Gasteiger partial charge in [0.1, 0.15) is 0 Å². The maximum atomic E-state index is 11.2. The molecule has 0 fully saturated rings. The quantitative estimate of drug-likeness (QED) is 0.858. The van der Waals surface area contributed by atoms with Crippen molar-refractivity contribution in [3.8, 4) is 11.3 Å². The number of rotatable bonds is 4. The number of aliphatic hydroxyl groups is 1. The van der Waals surface area contributed by atoms with Gasteiger partial charge in [-0.2, -0.15) is 5.10 Å². The lowest BCUT2D eigenvalue weighted by molar-refractivity contribution is -0.115. The average Bonchev–Trinajstić information content (AvgIpc) is 2.79. The first-order valence-electron chi connectivity index (χ1n) is 5.91. The third-order valence-electron chi connectivity index (χ3n) is 3.05. The lowest BCUT2D eigenvalue weighted by Gasteiger charge is -2.09. The molecule has 0 saturated heterocycles. The molecular weight excluding hydrogens is 242 g/mol. The lowest BCUT2D eigenvalue weighted by atomic mass is 9.97. The van der Waals surface area contributed by atoms with E-state index in [1.807, 2.05) is 37.4 Å². The van der Waals surface area contributed by atoms with Crippen molar-refractivity contribution < 1.29 is 9.90 Å². The van der Waals surface area contributed by atoms with Gasteiger partial charge in [-0.3, -0.25) is 9.48 Å². The molecular formula is C14H16N3O2. The van der Waals surface area contributed by atoms with Crippen LogP contribution in [-0.2, 0) is 18.4 Å². The Morgan fingerprint density at radius 1 is 1.42 bits per heavy atom. The predicted molar refractivity (Wildman–Crippen MR) is 71.8 cm³/mol. The van der Waals surface area contributed by atoms with E-state index < -0.39 is 5.91 Å². The van der Waals surface area contributed by atoms with E-state index in [4.69, 9.17) is 10.8 Å². The number of amides is 1. The number of benzene rings is 1. The molecule has 1 heterocycles. The summed E-state index contributed by atoms with van der Waals surface area (Å²) in [7, 11) is 1.81. The van der Waals surface area contributed by atoms with Gasteiger partial charge in [0.2, 0.25) is 5.91 Å². The molecule has 5 nitrogen and oxygen atoms in total. The number of nitrogens with two attached hydrogens (primary N) is 1. The first-order valence-corrected chi connectivity index (χ1v) is 5.91. The highest BCUT2D eigenvalue weighted by Gasteiger charge is 2.14. The van der Waals surface area contributed by atoms with E-state index >= 15 is 0 Å². The Balaban J connectivity index is 2.42. The molecule has 0 aliphatic carbocycles. The number of carbonyl (C=O) groups is 1. The van der Waals surface area contributed by atoms with Crippen molar-refractivity contribution in [3.63, 3.8) is 0 Å². The van der Waals surface area contributed by atoms with E-state index in [0.29, 0.717) is 11.6 Å². The molecule has 0 saturated carbocycles. The van der Waals surface area contributed by atoms with Gasteiger partial charge in [0, 0.05) is 12.6 Å². The maximum Gasteiger partial charge on any atom is 0.229 e. The summed E-state index contributed by atoms with van der Waals surface area (Å²) in [4.78, 5) is 11.2. The summed E-state index contributed by atoms with van der Waals surface area (Å²) >= 11 is 0. The van der Waals surface area contributed by atoms with Crippen LogP contribution in [0.1, 0.15) is 18.2 Å². The monoisotopic (exact) mass is 258 g/mol. The molecule has 2 rings (SSSR count). The molecule has 5 heteroatoms. The molecule has 1 aromatic carbocycles. The van der Waals surface area contributed by atoms with Crippen LogP contribution in [0.5, 0.6) is 0 Å². The molecule has 0 aliphatic rings. The zero-order valence-electron chi connectivity index (χ0n) is 10.9. The first-order chi connectivity index (χ1) is 9.02. The molecule has 0 bridgehead atoms. The van der Waals surface area contributed by atoms with Crippen molar-refractivity contribution in [2.24, 2.45) is 12.8 Å².